The minimum absolute atomic E-state index is 0.137. The number of carbonyl (C=O) groups excluding carboxylic acids is 1. The summed E-state index contributed by atoms with van der Waals surface area (Å²) in [4.78, 5) is 13.7. The fourth-order valence-corrected chi connectivity index (χ4v) is 3.98. The van der Waals surface area contributed by atoms with Crippen LogP contribution in [0.4, 0.5) is 5.69 Å². The van der Waals surface area contributed by atoms with Crippen LogP contribution in [0.5, 0.6) is 11.5 Å². The molecular weight excluding hydrogens is 386 g/mol. The van der Waals surface area contributed by atoms with Gasteiger partial charge in [0.25, 0.3) is 0 Å². The lowest BCUT2D eigenvalue weighted by molar-refractivity contribution is -0.115. The number of rotatable bonds is 6. The molecule has 3 aromatic rings. The second-order valence-corrected chi connectivity index (χ2v) is 8.15. The van der Waals surface area contributed by atoms with Gasteiger partial charge in [-0.25, -0.2) is 4.68 Å². The maximum absolute atomic E-state index is 12.6. The van der Waals surface area contributed by atoms with Crippen molar-refractivity contribution in [2.24, 2.45) is 0 Å². The van der Waals surface area contributed by atoms with Crippen LogP contribution >= 0.6 is 23.1 Å². The Bertz CT molecular complexity index is 929. The monoisotopic (exact) mass is 403 g/mol. The smallest absolute Gasteiger partial charge is 0.237 e. The van der Waals surface area contributed by atoms with Gasteiger partial charge in [0.1, 0.15) is 13.2 Å². The largest absolute Gasteiger partial charge is 0.486 e. The van der Waals surface area contributed by atoms with Crippen molar-refractivity contribution in [2.45, 2.75) is 23.9 Å². The first-order valence-electron chi connectivity index (χ1n) is 8.35. The fourth-order valence-electron chi connectivity index (χ4n) is 2.51. The summed E-state index contributed by atoms with van der Waals surface area (Å²) < 4.78 is 12.7. The standard InChI is InChI=1S/C17H17N5O3S2/c1-11(27-17-19-20-21-22(17)10-13-3-2-8-26-13)16(23)18-12-4-5-14-15(9-12)25-7-6-24-14/h2-5,8-9,11H,6-7,10H2,1H3,(H,18,23)/t11-/m0/s1. The minimum atomic E-state index is -0.369. The molecule has 0 radical (unpaired) electrons. The lowest BCUT2D eigenvalue weighted by Gasteiger charge is -2.19. The fraction of sp³-hybridized carbons (Fsp3) is 0.294. The van der Waals surface area contributed by atoms with E-state index in [-0.39, 0.29) is 11.2 Å². The van der Waals surface area contributed by atoms with E-state index >= 15 is 0 Å². The topological polar surface area (TPSA) is 91.2 Å². The maximum Gasteiger partial charge on any atom is 0.237 e. The normalized spacial score (nSPS) is 14.0. The summed E-state index contributed by atoms with van der Waals surface area (Å²) in [7, 11) is 0. The number of hydrogen-bond acceptors (Lipinski definition) is 8. The van der Waals surface area contributed by atoms with E-state index in [1.165, 1.54) is 11.8 Å². The molecule has 140 valence electrons. The summed E-state index contributed by atoms with van der Waals surface area (Å²) in [6, 6.07) is 9.37. The van der Waals surface area contributed by atoms with Gasteiger partial charge in [-0.1, -0.05) is 17.8 Å². The highest BCUT2D eigenvalue weighted by Gasteiger charge is 2.20. The van der Waals surface area contributed by atoms with Crippen molar-refractivity contribution in [3.8, 4) is 11.5 Å². The third-order valence-corrected chi connectivity index (χ3v) is 5.78. The van der Waals surface area contributed by atoms with Crippen molar-refractivity contribution in [3.63, 3.8) is 0 Å². The number of carbonyl (C=O) groups is 1. The number of thioether (sulfide) groups is 1. The first-order chi connectivity index (χ1) is 13.2. The Balaban J connectivity index is 1.39. The zero-order chi connectivity index (χ0) is 18.6. The molecule has 8 nitrogen and oxygen atoms in total. The summed E-state index contributed by atoms with van der Waals surface area (Å²) in [5.41, 5.74) is 0.662. The van der Waals surface area contributed by atoms with E-state index in [0.29, 0.717) is 42.1 Å². The quantitative estimate of drug-likeness (QED) is 0.633. The third kappa shape index (κ3) is 4.22. The number of nitrogens with one attached hydrogen (secondary N) is 1. The highest BCUT2D eigenvalue weighted by atomic mass is 32.2. The number of benzene rings is 1. The molecule has 1 aliphatic rings. The summed E-state index contributed by atoms with van der Waals surface area (Å²) >= 11 is 2.96. The molecule has 0 fully saturated rings. The van der Waals surface area contributed by atoms with Crippen molar-refractivity contribution >= 4 is 34.7 Å². The SMILES string of the molecule is C[C@H](Sc1nnnn1Cc1cccs1)C(=O)Nc1ccc2c(c1)OCCO2. The highest BCUT2D eigenvalue weighted by Crippen LogP contribution is 2.33. The number of aromatic nitrogens is 4. The molecule has 1 atom stereocenters. The lowest BCUT2D eigenvalue weighted by atomic mass is 10.2. The van der Waals surface area contributed by atoms with Gasteiger partial charge in [0.2, 0.25) is 11.1 Å². The molecule has 1 aliphatic heterocycles. The van der Waals surface area contributed by atoms with E-state index in [1.54, 1.807) is 34.2 Å². The predicted octanol–water partition coefficient (Wildman–Crippen LogP) is 2.67. The van der Waals surface area contributed by atoms with Gasteiger partial charge >= 0.3 is 0 Å². The molecule has 4 rings (SSSR count). The van der Waals surface area contributed by atoms with Crippen LogP contribution in [0.25, 0.3) is 0 Å². The summed E-state index contributed by atoms with van der Waals surface area (Å²) in [6.07, 6.45) is 0. The highest BCUT2D eigenvalue weighted by molar-refractivity contribution is 8.00. The van der Waals surface area contributed by atoms with Crippen molar-refractivity contribution in [1.82, 2.24) is 20.2 Å². The van der Waals surface area contributed by atoms with Gasteiger partial charge in [-0.3, -0.25) is 4.79 Å². The second kappa shape index (κ2) is 7.97. The lowest BCUT2D eigenvalue weighted by Crippen LogP contribution is -2.23. The summed E-state index contributed by atoms with van der Waals surface area (Å²) in [6.45, 7) is 3.45. The number of tetrazole rings is 1. The third-order valence-electron chi connectivity index (χ3n) is 3.85. The number of thiophene rings is 1. The maximum atomic E-state index is 12.6. The number of anilines is 1. The van der Waals surface area contributed by atoms with Crippen molar-refractivity contribution < 1.29 is 14.3 Å². The van der Waals surface area contributed by atoms with E-state index in [2.05, 4.69) is 20.8 Å². The molecule has 1 aromatic carbocycles. The van der Waals surface area contributed by atoms with Crippen LogP contribution in [0.1, 0.15) is 11.8 Å². The van der Waals surface area contributed by atoms with Crippen LogP contribution in [0.3, 0.4) is 0 Å². The molecule has 27 heavy (non-hydrogen) atoms. The molecule has 0 unspecified atom stereocenters. The molecule has 0 bridgehead atoms. The average Bonchev–Trinajstić information content (AvgIpc) is 3.34. The molecule has 1 amide bonds. The molecule has 0 saturated carbocycles. The van der Waals surface area contributed by atoms with E-state index in [4.69, 9.17) is 9.47 Å². The van der Waals surface area contributed by atoms with Crippen LogP contribution in [0.15, 0.2) is 40.9 Å². The van der Waals surface area contributed by atoms with Crippen LogP contribution in [-0.2, 0) is 11.3 Å². The molecular formula is C17H17N5O3S2. The molecule has 10 heteroatoms. The van der Waals surface area contributed by atoms with Crippen LogP contribution in [0.2, 0.25) is 0 Å². The zero-order valence-electron chi connectivity index (χ0n) is 14.5. The summed E-state index contributed by atoms with van der Waals surface area (Å²) in [5.74, 6) is 1.19. The van der Waals surface area contributed by atoms with Crippen LogP contribution in [-0.4, -0.2) is 44.6 Å². The zero-order valence-corrected chi connectivity index (χ0v) is 16.1. The molecule has 0 aliphatic carbocycles. The average molecular weight is 403 g/mol. The first kappa shape index (κ1) is 17.8. The first-order valence-corrected chi connectivity index (χ1v) is 10.1. The van der Waals surface area contributed by atoms with Crippen LogP contribution in [0, 0.1) is 0 Å². The van der Waals surface area contributed by atoms with Crippen LogP contribution < -0.4 is 14.8 Å². The van der Waals surface area contributed by atoms with E-state index in [0.717, 1.165) is 4.88 Å². The Morgan fingerprint density at radius 2 is 2.19 bits per heavy atom. The minimum Gasteiger partial charge on any atom is -0.486 e. The number of amides is 1. The Morgan fingerprint density at radius 3 is 3.00 bits per heavy atom. The van der Waals surface area contributed by atoms with Gasteiger partial charge < -0.3 is 14.8 Å². The predicted molar refractivity (Wildman–Crippen MR) is 103 cm³/mol. The van der Waals surface area contributed by atoms with E-state index in [1.807, 2.05) is 24.4 Å². The van der Waals surface area contributed by atoms with Crippen molar-refractivity contribution in [1.29, 1.82) is 0 Å². The number of hydrogen-bond donors (Lipinski definition) is 1. The Hall–Kier alpha value is -2.59. The Labute approximate surface area is 163 Å². The number of ether oxygens (including phenoxy) is 2. The Morgan fingerprint density at radius 1 is 1.33 bits per heavy atom. The molecule has 2 aromatic heterocycles. The van der Waals surface area contributed by atoms with Gasteiger partial charge in [-0.05, 0) is 40.9 Å². The van der Waals surface area contributed by atoms with Gasteiger partial charge in [0, 0.05) is 16.6 Å². The van der Waals surface area contributed by atoms with Crippen molar-refractivity contribution in [3.05, 3.63) is 40.6 Å². The molecule has 1 N–H and O–H groups in total. The second-order valence-electron chi connectivity index (χ2n) is 5.81. The van der Waals surface area contributed by atoms with Gasteiger partial charge in [0.15, 0.2) is 11.5 Å². The Kier molecular flexibility index (Phi) is 5.26. The number of nitrogens with zero attached hydrogens (tertiary/aromatic N) is 4. The van der Waals surface area contributed by atoms with E-state index in [9.17, 15) is 4.79 Å². The van der Waals surface area contributed by atoms with Gasteiger partial charge in [-0.15, -0.1) is 16.4 Å². The van der Waals surface area contributed by atoms with E-state index < -0.39 is 0 Å². The molecule has 0 spiro atoms. The number of fused-ring (bicyclic) bond motifs is 1. The van der Waals surface area contributed by atoms with Crippen molar-refractivity contribution in [2.75, 3.05) is 18.5 Å². The molecule has 0 saturated heterocycles. The van der Waals surface area contributed by atoms with Gasteiger partial charge in [-0.2, -0.15) is 0 Å². The summed E-state index contributed by atoms with van der Waals surface area (Å²) in [5, 5.41) is 16.9. The van der Waals surface area contributed by atoms with Gasteiger partial charge in [0.05, 0.1) is 11.8 Å². The molecule has 3 heterocycles.